The van der Waals surface area contributed by atoms with Crippen molar-refractivity contribution < 1.29 is 4.79 Å². The van der Waals surface area contributed by atoms with Gasteiger partial charge >= 0.3 is 0 Å². The number of benzene rings is 1. The van der Waals surface area contributed by atoms with Crippen LogP contribution < -0.4 is 10.9 Å². The van der Waals surface area contributed by atoms with E-state index in [0.29, 0.717) is 23.5 Å². The third-order valence-electron chi connectivity index (χ3n) is 3.96. The van der Waals surface area contributed by atoms with Crippen molar-refractivity contribution in [3.8, 4) is 0 Å². The number of rotatable bonds is 6. The third-order valence-corrected chi connectivity index (χ3v) is 4.49. The summed E-state index contributed by atoms with van der Waals surface area (Å²) in [5, 5.41) is 3.04. The van der Waals surface area contributed by atoms with E-state index in [9.17, 15) is 9.59 Å². The fraction of sp³-hybridized carbons (Fsp3) is 0.389. The number of aromatic amines is 1. The molecule has 2 aromatic rings. The van der Waals surface area contributed by atoms with Crippen LogP contribution in [0.3, 0.4) is 0 Å². The lowest BCUT2D eigenvalue weighted by Gasteiger charge is -2.17. The second-order valence-electron chi connectivity index (χ2n) is 5.80. The van der Waals surface area contributed by atoms with E-state index in [1.54, 1.807) is 13.8 Å². The monoisotopic (exact) mass is 391 g/mol. The summed E-state index contributed by atoms with van der Waals surface area (Å²) in [6.45, 7) is 5.58. The van der Waals surface area contributed by atoms with Crippen LogP contribution in [0.15, 0.2) is 33.5 Å². The molecule has 1 atom stereocenters. The number of halogens is 1. The van der Waals surface area contributed by atoms with E-state index in [2.05, 4.69) is 31.2 Å². The predicted molar refractivity (Wildman–Crippen MR) is 98.0 cm³/mol. The standard InChI is InChI=1S/C18H22BrN3O2/c1-4-16(13-5-7-14(19)8-6-13)22-17(23)10-9-15-11(2)20-12(3)21-18(15)24/h5-8,16H,4,9-10H2,1-3H3,(H,22,23)(H,20,21,24)/t16-/m1/s1. The largest absolute Gasteiger partial charge is 0.349 e. The Kier molecular flexibility index (Phi) is 6.31. The van der Waals surface area contributed by atoms with Crippen molar-refractivity contribution in [2.45, 2.75) is 46.1 Å². The first-order valence-electron chi connectivity index (χ1n) is 8.02. The third kappa shape index (κ3) is 4.77. The Balaban J connectivity index is 2.00. The Labute approximate surface area is 150 Å². The van der Waals surface area contributed by atoms with Gasteiger partial charge in [0.1, 0.15) is 5.82 Å². The summed E-state index contributed by atoms with van der Waals surface area (Å²) in [6, 6.07) is 7.89. The minimum Gasteiger partial charge on any atom is -0.349 e. The summed E-state index contributed by atoms with van der Waals surface area (Å²) in [5.74, 6) is 0.524. The van der Waals surface area contributed by atoms with Gasteiger partial charge in [0.15, 0.2) is 0 Å². The molecule has 24 heavy (non-hydrogen) atoms. The highest BCUT2D eigenvalue weighted by Crippen LogP contribution is 2.19. The molecule has 0 saturated carbocycles. The zero-order valence-electron chi connectivity index (χ0n) is 14.1. The number of H-pyrrole nitrogens is 1. The molecule has 1 aromatic carbocycles. The number of carbonyl (C=O) groups is 1. The Hall–Kier alpha value is -1.95. The fourth-order valence-corrected chi connectivity index (χ4v) is 2.93. The number of nitrogens with zero attached hydrogens (tertiary/aromatic N) is 1. The van der Waals surface area contributed by atoms with Crippen molar-refractivity contribution in [2.24, 2.45) is 0 Å². The summed E-state index contributed by atoms with van der Waals surface area (Å²) in [6.07, 6.45) is 1.46. The number of aryl methyl sites for hydroxylation is 2. The van der Waals surface area contributed by atoms with Gasteiger partial charge in [0.05, 0.1) is 6.04 Å². The maximum absolute atomic E-state index is 12.3. The van der Waals surface area contributed by atoms with E-state index >= 15 is 0 Å². The lowest BCUT2D eigenvalue weighted by Crippen LogP contribution is -2.29. The molecule has 0 unspecified atom stereocenters. The van der Waals surface area contributed by atoms with Crippen LogP contribution in [0.25, 0.3) is 0 Å². The van der Waals surface area contributed by atoms with Gasteiger partial charge in [-0.2, -0.15) is 0 Å². The van der Waals surface area contributed by atoms with Crippen LogP contribution in [0.1, 0.15) is 48.5 Å². The molecule has 2 N–H and O–H groups in total. The Bertz CT molecular complexity index is 769. The summed E-state index contributed by atoms with van der Waals surface area (Å²) < 4.78 is 1.01. The van der Waals surface area contributed by atoms with Crippen molar-refractivity contribution in [1.29, 1.82) is 0 Å². The van der Waals surface area contributed by atoms with Crippen LogP contribution in [0.5, 0.6) is 0 Å². The molecule has 5 nitrogen and oxygen atoms in total. The highest BCUT2D eigenvalue weighted by atomic mass is 79.9. The van der Waals surface area contributed by atoms with Gasteiger partial charge in [-0.3, -0.25) is 9.59 Å². The number of hydrogen-bond donors (Lipinski definition) is 2. The minimum absolute atomic E-state index is 0.0267. The second-order valence-corrected chi connectivity index (χ2v) is 6.71. The molecule has 0 bridgehead atoms. The Morgan fingerprint density at radius 2 is 1.96 bits per heavy atom. The molecule has 2 rings (SSSR count). The molecule has 0 aliphatic rings. The van der Waals surface area contributed by atoms with E-state index in [4.69, 9.17) is 0 Å². The zero-order valence-corrected chi connectivity index (χ0v) is 15.7. The first-order chi connectivity index (χ1) is 11.4. The minimum atomic E-state index is -0.159. The van der Waals surface area contributed by atoms with Crippen LogP contribution >= 0.6 is 15.9 Å². The van der Waals surface area contributed by atoms with Crippen LogP contribution in [0, 0.1) is 13.8 Å². The quantitative estimate of drug-likeness (QED) is 0.792. The van der Waals surface area contributed by atoms with Crippen LogP contribution in [0.2, 0.25) is 0 Å². The summed E-state index contributed by atoms with van der Waals surface area (Å²) >= 11 is 3.41. The number of amides is 1. The molecule has 1 amide bonds. The van der Waals surface area contributed by atoms with Crippen LogP contribution in [-0.2, 0) is 11.2 Å². The van der Waals surface area contributed by atoms with Gasteiger partial charge in [0.25, 0.3) is 5.56 Å². The maximum Gasteiger partial charge on any atom is 0.254 e. The van der Waals surface area contributed by atoms with Gasteiger partial charge < -0.3 is 10.3 Å². The maximum atomic E-state index is 12.3. The van der Waals surface area contributed by atoms with Crippen molar-refractivity contribution in [3.05, 3.63) is 61.7 Å². The van der Waals surface area contributed by atoms with Crippen LogP contribution in [-0.4, -0.2) is 15.9 Å². The second kappa shape index (κ2) is 8.24. The van der Waals surface area contributed by atoms with Gasteiger partial charge in [0.2, 0.25) is 5.91 Å². The molecule has 128 valence electrons. The molecule has 0 aliphatic carbocycles. The van der Waals surface area contributed by atoms with Gasteiger partial charge in [-0.1, -0.05) is 35.0 Å². The van der Waals surface area contributed by atoms with E-state index in [-0.39, 0.29) is 23.9 Å². The van der Waals surface area contributed by atoms with E-state index in [1.165, 1.54) is 0 Å². The molecule has 0 spiro atoms. The lowest BCUT2D eigenvalue weighted by atomic mass is 10.0. The highest BCUT2D eigenvalue weighted by Gasteiger charge is 2.14. The fourth-order valence-electron chi connectivity index (χ4n) is 2.67. The average molecular weight is 392 g/mol. The van der Waals surface area contributed by atoms with Gasteiger partial charge in [-0.15, -0.1) is 0 Å². The van der Waals surface area contributed by atoms with Gasteiger partial charge in [-0.05, 0) is 44.4 Å². The SMILES string of the molecule is CC[C@@H](NC(=O)CCc1c(C)nc(C)[nH]c1=O)c1ccc(Br)cc1. The molecule has 0 fully saturated rings. The number of nitrogens with one attached hydrogen (secondary N) is 2. The lowest BCUT2D eigenvalue weighted by molar-refractivity contribution is -0.121. The molecule has 1 aromatic heterocycles. The topological polar surface area (TPSA) is 74.8 Å². The van der Waals surface area contributed by atoms with Crippen molar-refractivity contribution in [3.63, 3.8) is 0 Å². The van der Waals surface area contributed by atoms with Gasteiger partial charge in [0, 0.05) is 22.2 Å². The smallest absolute Gasteiger partial charge is 0.254 e. The number of aromatic nitrogens is 2. The predicted octanol–water partition coefficient (Wildman–Crippen LogP) is 3.35. The highest BCUT2D eigenvalue weighted by molar-refractivity contribution is 9.10. The summed E-state index contributed by atoms with van der Waals surface area (Å²) in [5.41, 5.74) is 2.17. The molecule has 6 heteroatoms. The summed E-state index contributed by atoms with van der Waals surface area (Å²) in [4.78, 5) is 31.2. The van der Waals surface area contributed by atoms with Gasteiger partial charge in [-0.25, -0.2) is 4.98 Å². The molecule has 0 radical (unpaired) electrons. The first kappa shape index (κ1) is 18.4. The van der Waals surface area contributed by atoms with E-state index in [0.717, 1.165) is 16.5 Å². The molecular formula is C18H22BrN3O2. The van der Waals surface area contributed by atoms with E-state index in [1.807, 2.05) is 31.2 Å². The summed E-state index contributed by atoms with van der Waals surface area (Å²) in [7, 11) is 0. The molecule has 0 aliphatic heterocycles. The Morgan fingerprint density at radius 3 is 2.54 bits per heavy atom. The van der Waals surface area contributed by atoms with Crippen LogP contribution in [0.4, 0.5) is 0 Å². The van der Waals surface area contributed by atoms with E-state index < -0.39 is 0 Å². The molecular weight excluding hydrogens is 370 g/mol. The van der Waals surface area contributed by atoms with Crippen molar-refractivity contribution in [2.75, 3.05) is 0 Å². The normalized spacial score (nSPS) is 12.0. The molecule has 0 saturated heterocycles. The van der Waals surface area contributed by atoms with Crippen molar-refractivity contribution in [1.82, 2.24) is 15.3 Å². The zero-order chi connectivity index (χ0) is 17.7. The molecule has 1 heterocycles. The number of carbonyl (C=O) groups excluding carboxylic acids is 1. The average Bonchev–Trinajstić information content (AvgIpc) is 2.52. The van der Waals surface area contributed by atoms with Crippen molar-refractivity contribution >= 4 is 21.8 Å². The number of hydrogen-bond acceptors (Lipinski definition) is 3. The first-order valence-corrected chi connectivity index (χ1v) is 8.81. The Morgan fingerprint density at radius 1 is 1.29 bits per heavy atom.